The van der Waals surface area contributed by atoms with Crippen LogP contribution in [0.4, 0.5) is 37.5 Å². The molecule has 61 heavy (non-hydrogen) atoms. The van der Waals surface area contributed by atoms with Gasteiger partial charge in [-0.05, 0) is 49.7 Å². The molecule has 3 N–H and O–H groups in total. The highest BCUT2D eigenvalue weighted by molar-refractivity contribution is 6.28. The normalized spacial score (nSPS) is 10.7. The Labute approximate surface area is 351 Å². The zero-order valence-electron chi connectivity index (χ0n) is 33.0. The largest absolute Gasteiger partial charge is 0.494 e. The molecule has 0 radical (unpaired) electrons. The summed E-state index contributed by atoms with van der Waals surface area (Å²) in [6.45, 7) is 5.94. The predicted octanol–water partition coefficient (Wildman–Crippen LogP) is 10.0. The quantitative estimate of drug-likeness (QED) is 0.0571. The first-order valence-corrected chi connectivity index (χ1v) is 18.8. The lowest BCUT2D eigenvalue weighted by atomic mass is 10.1. The van der Waals surface area contributed by atoms with Crippen molar-refractivity contribution in [3.05, 3.63) is 147 Å². The number of halogens is 3. The van der Waals surface area contributed by atoms with Crippen LogP contribution in [0.25, 0.3) is 44.3 Å². The zero-order valence-corrected chi connectivity index (χ0v) is 33.8. The molecule has 0 aliphatic rings. The van der Waals surface area contributed by atoms with Crippen LogP contribution in [0, 0.1) is 31.9 Å². The number of rotatable bonds is 10. The van der Waals surface area contributed by atoms with Crippen LogP contribution < -0.4 is 20.5 Å². The molecule has 0 fully saturated rings. The van der Waals surface area contributed by atoms with Crippen LogP contribution >= 0.6 is 11.6 Å². The van der Waals surface area contributed by atoms with Crippen LogP contribution in [0.15, 0.2) is 110 Å². The Hall–Kier alpha value is -7.73. The fourth-order valence-corrected chi connectivity index (χ4v) is 6.57. The van der Waals surface area contributed by atoms with Gasteiger partial charge in [0.25, 0.3) is 0 Å². The number of benzene rings is 4. The van der Waals surface area contributed by atoms with E-state index in [-0.39, 0.29) is 34.1 Å². The van der Waals surface area contributed by atoms with Crippen molar-refractivity contribution in [2.75, 3.05) is 25.3 Å². The van der Waals surface area contributed by atoms with Crippen molar-refractivity contribution in [2.24, 2.45) is 0 Å². The van der Waals surface area contributed by atoms with Gasteiger partial charge in [0.2, 0.25) is 22.9 Å². The van der Waals surface area contributed by atoms with E-state index in [2.05, 4.69) is 71.3 Å². The maximum Gasteiger partial charge on any atom is 0.307 e. The van der Waals surface area contributed by atoms with E-state index in [0.29, 0.717) is 5.69 Å². The average molecular weight is 851 g/mol. The average Bonchev–Trinajstić information content (AvgIpc) is 3.84. The fraction of sp³-hybridized carbons (Fsp3) is 0.143. The van der Waals surface area contributed by atoms with Crippen molar-refractivity contribution in [1.29, 1.82) is 0 Å². The molecule has 8 rings (SSSR count). The molecule has 312 valence electrons. The number of para-hydroxylation sites is 2. The molecule has 0 bridgehead atoms. The molecular formula is C42H37ClF2N10O6. The smallest absolute Gasteiger partial charge is 0.307 e. The van der Waals surface area contributed by atoms with Crippen molar-refractivity contribution in [1.82, 2.24) is 29.1 Å². The number of hydrogen-bond acceptors (Lipinski definition) is 12. The molecule has 0 atom stereocenters. The maximum atomic E-state index is 13.9. The summed E-state index contributed by atoms with van der Waals surface area (Å²) >= 11 is 5.86. The number of nitro groups is 2. The molecule has 0 saturated heterocycles. The van der Waals surface area contributed by atoms with Crippen LogP contribution in [0.1, 0.15) is 13.8 Å². The Morgan fingerprint density at radius 1 is 0.721 bits per heavy atom. The van der Waals surface area contributed by atoms with E-state index in [1.54, 1.807) is 18.5 Å². The topological polar surface area (TPSA) is 204 Å². The molecule has 8 aromatic rings. The first kappa shape index (κ1) is 42.9. The van der Waals surface area contributed by atoms with E-state index < -0.39 is 32.9 Å². The van der Waals surface area contributed by atoms with Gasteiger partial charge in [-0.25, -0.2) is 19.9 Å². The Balaban J connectivity index is 0.000000170. The Bertz CT molecular complexity index is 2890. The lowest BCUT2D eigenvalue weighted by molar-refractivity contribution is -0.387. The highest BCUT2D eigenvalue weighted by Crippen LogP contribution is 2.35. The maximum absolute atomic E-state index is 13.9. The van der Waals surface area contributed by atoms with Gasteiger partial charge in [-0.2, -0.15) is 8.78 Å². The summed E-state index contributed by atoms with van der Waals surface area (Å²) in [4.78, 5) is 36.6. The summed E-state index contributed by atoms with van der Waals surface area (Å²) in [5, 5.41) is 26.7. The van der Waals surface area contributed by atoms with E-state index >= 15 is 0 Å². The van der Waals surface area contributed by atoms with Crippen molar-refractivity contribution < 1.29 is 28.1 Å². The number of ether oxygens (including phenoxy) is 2. The molecule has 4 heterocycles. The summed E-state index contributed by atoms with van der Waals surface area (Å²) in [6, 6.07) is 23.8. The summed E-state index contributed by atoms with van der Waals surface area (Å²) in [5.41, 5.74) is 10.1. The number of methoxy groups -OCH3 is 2. The SMILES string of the molecule is CCn1cc(-c2ccnc(Cl)n2)c2ccccc21.CCn1cc(-c2ccnc(Nc3cc([N+](=O)[O-])c(F)cc3OC)n2)c2ccccc21.COc1cc(F)c([N+](=O)[O-])cc1N. The molecule has 0 amide bonds. The number of aryl methyl sites for hydroxylation is 2. The number of nitrogens with two attached hydrogens (primary N) is 1. The number of nitrogens with zero attached hydrogens (tertiary/aromatic N) is 8. The minimum absolute atomic E-state index is 0.0376. The molecule has 4 aromatic carbocycles. The fourth-order valence-electron chi connectivity index (χ4n) is 6.43. The molecular weight excluding hydrogens is 814 g/mol. The number of nitrogens with one attached hydrogen (secondary N) is 1. The minimum Gasteiger partial charge on any atom is -0.494 e. The van der Waals surface area contributed by atoms with E-state index in [0.717, 1.165) is 65.1 Å². The summed E-state index contributed by atoms with van der Waals surface area (Å²) in [7, 11) is 2.65. The van der Waals surface area contributed by atoms with Crippen LogP contribution in [0.5, 0.6) is 11.5 Å². The highest BCUT2D eigenvalue weighted by Gasteiger charge is 2.21. The lowest BCUT2D eigenvalue weighted by Gasteiger charge is -2.11. The number of nitrogen functional groups attached to an aromatic ring is 1. The first-order valence-electron chi connectivity index (χ1n) is 18.4. The number of fused-ring (bicyclic) bond motifs is 2. The molecule has 0 aliphatic heterocycles. The minimum atomic E-state index is -0.982. The molecule has 0 spiro atoms. The van der Waals surface area contributed by atoms with Gasteiger partial charge in [-0.3, -0.25) is 20.2 Å². The number of anilines is 3. The molecule has 0 unspecified atom stereocenters. The van der Waals surface area contributed by atoms with E-state index in [4.69, 9.17) is 22.1 Å². The van der Waals surface area contributed by atoms with Crippen molar-refractivity contribution in [2.45, 2.75) is 26.9 Å². The predicted molar refractivity (Wildman–Crippen MR) is 229 cm³/mol. The van der Waals surface area contributed by atoms with Crippen LogP contribution in [-0.2, 0) is 13.1 Å². The Morgan fingerprint density at radius 3 is 1.72 bits per heavy atom. The van der Waals surface area contributed by atoms with Gasteiger partial charge in [-0.1, -0.05) is 36.4 Å². The Morgan fingerprint density at radius 2 is 1.21 bits per heavy atom. The van der Waals surface area contributed by atoms with E-state index in [9.17, 15) is 29.0 Å². The molecule has 4 aromatic heterocycles. The summed E-state index contributed by atoms with van der Waals surface area (Å²) in [5.74, 6) is -1.54. The van der Waals surface area contributed by atoms with Gasteiger partial charge in [0.05, 0.1) is 46.8 Å². The lowest BCUT2D eigenvalue weighted by Crippen LogP contribution is -2.02. The van der Waals surface area contributed by atoms with Crippen LogP contribution in [-0.4, -0.2) is 53.1 Å². The van der Waals surface area contributed by atoms with Gasteiger partial charge < -0.3 is 29.7 Å². The third-order valence-electron chi connectivity index (χ3n) is 9.30. The monoisotopic (exact) mass is 850 g/mol. The molecule has 0 saturated carbocycles. The van der Waals surface area contributed by atoms with E-state index in [1.165, 1.54) is 25.1 Å². The van der Waals surface area contributed by atoms with Crippen LogP contribution in [0.3, 0.4) is 0 Å². The Kier molecular flexibility index (Phi) is 13.3. The van der Waals surface area contributed by atoms with Crippen molar-refractivity contribution in [3.8, 4) is 34.0 Å². The third-order valence-corrected chi connectivity index (χ3v) is 9.48. The third kappa shape index (κ3) is 9.44. The standard InChI is InChI=1S/C21H18FN5O3.C14H12ClN3.C7H7FN2O3/c1-3-26-12-14(13-6-4-5-7-18(13)26)16-8-9-23-21(24-16)25-17-11-19(27(28)29)15(22)10-20(17)30-2;1-2-18-9-11(10-5-3-4-6-13(10)18)12-7-8-16-14(15)17-12;1-13-7-2-4(8)6(10(11)12)3-5(7)9/h4-12H,3H2,1-2H3,(H,23,24,25);3-9H,2H2,1H3;2-3H,9H2,1H3. The summed E-state index contributed by atoms with van der Waals surface area (Å²) < 4.78 is 40.9. The molecule has 0 aliphatic carbocycles. The van der Waals surface area contributed by atoms with Gasteiger partial charge in [-0.15, -0.1) is 0 Å². The van der Waals surface area contributed by atoms with Gasteiger partial charge in [0, 0.05) is 95.1 Å². The van der Waals surface area contributed by atoms with Gasteiger partial charge in [0.1, 0.15) is 11.5 Å². The van der Waals surface area contributed by atoms with Crippen molar-refractivity contribution >= 4 is 62.1 Å². The first-order chi connectivity index (χ1) is 29.4. The van der Waals surface area contributed by atoms with Gasteiger partial charge in [0.15, 0.2) is 0 Å². The molecule has 19 heteroatoms. The second kappa shape index (κ2) is 18.9. The second-order valence-electron chi connectivity index (χ2n) is 12.9. The number of aromatic nitrogens is 6. The van der Waals surface area contributed by atoms with Crippen LogP contribution in [0.2, 0.25) is 5.28 Å². The number of hydrogen-bond donors (Lipinski definition) is 2. The second-order valence-corrected chi connectivity index (χ2v) is 13.2. The highest BCUT2D eigenvalue weighted by atomic mass is 35.5. The summed E-state index contributed by atoms with van der Waals surface area (Å²) in [6.07, 6.45) is 7.42. The zero-order chi connectivity index (χ0) is 43.8. The molecule has 16 nitrogen and oxygen atoms in total. The number of nitro benzene ring substituents is 2. The van der Waals surface area contributed by atoms with Gasteiger partial charge >= 0.3 is 11.4 Å². The van der Waals surface area contributed by atoms with Crippen molar-refractivity contribution in [3.63, 3.8) is 0 Å². The van der Waals surface area contributed by atoms with E-state index in [1.807, 2.05) is 48.7 Å².